The summed E-state index contributed by atoms with van der Waals surface area (Å²) in [5.41, 5.74) is 3.90. The second kappa shape index (κ2) is 5.08. The first-order valence-corrected chi connectivity index (χ1v) is 6.06. The second-order valence-electron chi connectivity index (χ2n) is 4.20. The van der Waals surface area contributed by atoms with Crippen molar-refractivity contribution < 1.29 is 9.53 Å². The fourth-order valence-electron chi connectivity index (χ4n) is 1.98. The van der Waals surface area contributed by atoms with Gasteiger partial charge in [-0.05, 0) is 38.0 Å². The van der Waals surface area contributed by atoms with Crippen LogP contribution in [0.25, 0.3) is 11.3 Å². The van der Waals surface area contributed by atoms with Crippen LogP contribution in [0.2, 0.25) is 0 Å². The van der Waals surface area contributed by atoms with Crippen LogP contribution < -0.4 is 0 Å². The van der Waals surface area contributed by atoms with Gasteiger partial charge < -0.3 is 4.74 Å². The normalized spacial score (nSPS) is 10.4. The van der Waals surface area contributed by atoms with Crippen LogP contribution in [0.4, 0.5) is 4.79 Å². The number of hydrogen-bond donors (Lipinski definition) is 0. The van der Waals surface area contributed by atoms with Crippen molar-refractivity contribution in [3.05, 3.63) is 47.7 Å². The molecule has 18 heavy (non-hydrogen) atoms. The monoisotopic (exact) mass is 243 g/mol. The van der Waals surface area contributed by atoms with Gasteiger partial charge in [0.1, 0.15) is 0 Å². The van der Waals surface area contributed by atoms with Gasteiger partial charge in [0.05, 0.1) is 12.3 Å². The lowest BCUT2D eigenvalue weighted by atomic mass is 10.1. The van der Waals surface area contributed by atoms with Crippen molar-refractivity contribution in [3.8, 4) is 11.3 Å². The summed E-state index contributed by atoms with van der Waals surface area (Å²) in [6, 6.07) is 11.9. The predicted molar refractivity (Wildman–Crippen MR) is 71.8 cm³/mol. The number of nitrogens with zero attached hydrogens (tertiary/aromatic N) is 1. The van der Waals surface area contributed by atoms with Crippen molar-refractivity contribution in [1.29, 1.82) is 0 Å². The van der Waals surface area contributed by atoms with Crippen LogP contribution in [0.5, 0.6) is 0 Å². The summed E-state index contributed by atoms with van der Waals surface area (Å²) in [6.45, 7) is 6.12. The van der Waals surface area contributed by atoms with Crippen LogP contribution in [0.1, 0.15) is 18.2 Å². The summed E-state index contributed by atoms with van der Waals surface area (Å²) in [6.07, 6.45) is -0.318. The van der Waals surface area contributed by atoms with Gasteiger partial charge in [-0.15, -0.1) is 0 Å². The Morgan fingerprint density at radius 1 is 1.22 bits per heavy atom. The van der Waals surface area contributed by atoms with Gasteiger partial charge in [0.25, 0.3) is 0 Å². The van der Waals surface area contributed by atoms with Crippen LogP contribution in [-0.4, -0.2) is 17.3 Å². The lowest BCUT2D eigenvalue weighted by Gasteiger charge is -2.10. The molecule has 0 saturated heterocycles. The molecule has 0 aliphatic heterocycles. The minimum atomic E-state index is -0.318. The Balaban J connectivity index is 2.55. The zero-order valence-electron chi connectivity index (χ0n) is 10.9. The van der Waals surface area contributed by atoms with E-state index in [-0.39, 0.29) is 6.09 Å². The SMILES string of the molecule is CCOC(=O)n1c(-c2ccccc2)cc(C)c1C. The first-order valence-electron chi connectivity index (χ1n) is 6.06. The smallest absolute Gasteiger partial charge is 0.418 e. The van der Waals surface area contributed by atoms with E-state index in [4.69, 9.17) is 4.74 Å². The lowest BCUT2D eigenvalue weighted by Crippen LogP contribution is -2.16. The molecule has 0 aliphatic rings. The van der Waals surface area contributed by atoms with E-state index < -0.39 is 0 Å². The van der Waals surface area contributed by atoms with E-state index in [0.29, 0.717) is 6.61 Å². The molecule has 3 nitrogen and oxygen atoms in total. The Kier molecular flexibility index (Phi) is 3.51. The molecule has 3 heteroatoms. The highest BCUT2D eigenvalue weighted by Gasteiger charge is 2.17. The van der Waals surface area contributed by atoms with Gasteiger partial charge in [0.2, 0.25) is 0 Å². The van der Waals surface area contributed by atoms with Gasteiger partial charge >= 0.3 is 6.09 Å². The van der Waals surface area contributed by atoms with Crippen LogP contribution >= 0.6 is 0 Å². The van der Waals surface area contributed by atoms with Crippen molar-refractivity contribution >= 4 is 6.09 Å². The molecule has 1 aromatic heterocycles. The van der Waals surface area contributed by atoms with Crippen LogP contribution in [0.15, 0.2) is 36.4 Å². The Bertz CT molecular complexity index is 555. The van der Waals surface area contributed by atoms with E-state index in [0.717, 1.165) is 22.5 Å². The molecule has 0 radical (unpaired) electrons. The van der Waals surface area contributed by atoms with Crippen molar-refractivity contribution in [2.24, 2.45) is 0 Å². The number of hydrogen-bond acceptors (Lipinski definition) is 2. The predicted octanol–water partition coefficient (Wildman–Crippen LogP) is 3.78. The zero-order chi connectivity index (χ0) is 13.1. The lowest BCUT2D eigenvalue weighted by molar-refractivity contribution is 0.154. The summed E-state index contributed by atoms with van der Waals surface area (Å²) in [5, 5.41) is 0. The number of aromatic nitrogens is 1. The van der Waals surface area contributed by atoms with Gasteiger partial charge in [0.15, 0.2) is 0 Å². The zero-order valence-corrected chi connectivity index (χ0v) is 10.9. The van der Waals surface area contributed by atoms with E-state index in [1.54, 1.807) is 4.57 Å². The molecule has 0 amide bonds. The van der Waals surface area contributed by atoms with E-state index in [1.807, 2.05) is 57.2 Å². The first kappa shape index (κ1) is 12.4. The number of benzene rings is 1. The number of rotatable bonds is 2. The highest BCUT2D eigenvalue weighted by Crippen LogP contribution is 2.25. The Morgan fingerprint density at radius 2 is 1.89 bits per heavy atom. The fourth-order valence-corrected chi connectivity index (χ4v) is 1.98. The Labute approximate surface area is 107 Å². The summed E-state index contributed by atoms with van der Waals surface area (Å²) in [7, 11) is 0. The fraction of sp³-hybridized carbons (Fsp3) is 0.267. The van der Waals surface area contributed by atoms with Crippen molar-refractivity contribution in [1.82, 2.24) is 4.57 Å². The molecule has 2 rings (SSSR count). The van der Waals surface area contributed by atoms with E-state index in [1.165, 1.54) is 0 Å². The third kappa shape index (κ3) is 2.16. The highest BCUT2D eigenvalue weighted by molar-refractivity contribution is 5.80. The average molecular weight is 243 g/mol. The first-order chi connectivity index (χ1) is 8.65. The average Bonchev–Trinajstić information content (AvgIpc) is 2.67. The summed E-state index contributed by atoms with van der Waals surface area (Å²) < 4.78 is 6.74. The molecule has 0 N–H and O–H groups in total. The molecule has 94 valence electrons. The van der Waals surface area contributed by atoms with Gasteiger partial charge in [-0.2, -0.15) is 0 Å². The number of carbonyl (C=O) groups is 1. The molecule has 1 aromatic carbocycles. The maximum Gasteiger partial charge on any atom is 0.418 e. The third-order valence-corrected chi connectivity index (χ3v) is 3.02. The van der Waals surface area contributed by atoms with E-state index in [9.17, 15) is 4.79 Å². The molecule has 0 spiro atoms. The van der Waals surface area contributed by atoms with Gasteiger partial charge in [-0.25, -0.2) is 9.36 Å². The van der Waals surface area contributed by atoms with E-state index >= 15 is 0 Å². The van der Waals surface area contributed by atoms with Crippen molar-refractivity contribution in [2.75, 3.05) is 6.61 Å². The molecule has 0 aliphatic carbocycles. The molecular formula is C15H17NO2. The number of aryl methyl sites for hydroxylation is 1. The standard InChI is InChI=1S/C15H17NO2/c1-4-18-15(17)16-12(3)11(2)10-14(16)13-8-6-5-7-9-13/h5-10H,4H2,1-3H3. The summed E-state index contributed by atoms with van der Waals surface area (Å²) in [4.78, 5) is 12.0. The maximum atomic E-state index is 12.0. The van der Waals surface area contributed by atoms with Crippen LogP contribution in [-0.2, 0) is 4.74 Å². The molecule has 0 saturated carbocycles. The summed E-state index contributed by atoms with van der Waals surface area (Å²) >= 11 is 0. The molecule has 0 atom stereocenters. The molecule has 2 aromatic rings. The molecule has 0 bridgehead atoms. The van der Waals surface area contributed by atoms with Crippen molar-refractivity contribution in [2.45, 2.75) is 20.8 Å². The molecule has 0 fully saturated rings. The van der Waals surface area contributed by atoms with Crippen LogP contribution in [0, 0.1) is 13.8 Å². The number of carbonyl (C=O) groups excluding carboxylic acids is 1. The Hall–Kier alpha value is -2.03. The van der Waals surface area contributed by atoms with Crippen molar-refractivity contribution in [3.63, 3.8) is 0 Å². The second-order valence-corrected chi connectivity index (χ2v) is 4.20. The van der Waals surface area contributed by atoms with Gasteiger partial charge in [-0.3, -0.25) is 0 Å². The molecular weight excluding hydrogens is 226 g/mol. The maximum absolute atomic E-state index is 12.0. The molecule has 1 heterocycles. The quantitative estimate of drug-likeness (QED) is 0.803. The topological polar surface area (TPSA) is 31.2 Å². The third-order valence-electron chi connectivity index (χ3n) is 3.02. The summed E-state index contributed by atoms with van der Waals surface area (Å²) in [5.74, 6) is 0. The minimum absolute atomic E-state index is 0.318. The van der Waals surface area contributed by atoms with Gasteiger partial charge in [0, 0.05) is 5.69 Å². The minimum Gasteiger partial charge on any atom is -0.449 e. The molecule has 0 unspecified atom stereocenters. The Morgan fingerprint density at radius 3 is 2.50 bits per heavy atom. The van der Waals surface area contributed by atoms with Gasteiger partial charge in [-0.1, -0.05) is 30.3 Å². The largest absolute Gasteiger partial charge is 0.449 e. The number of ether oxygens (including phenoxy) is 1. The van der Waals surface area contributed by atoms with Crippen LogP contribution in [0.3, 0.4) is 0 Å². The van der Waals surface area contributed by atoms with E-state index in [2.05, 4.69) is 0 Å². The highest BCUT2D eigenvalue weighted by atomic mass is 16.5.